The third kappa shape index (κ3) is 3.09. The number of rotatable bonds is 4. The highest BCUT2D eigenvalue weighted by Gasteiger charge is 2.16. The van der Waals surface area contributed by atoms with Gasteiger partial charge in [0.1, 0.15) is 0 Å². The van der Waals surface area contributed by atoms with E-state index in [1.165, 1.54) is 0 Å². The molecule has 0 saturated carbocycles. The van der Waals surface area contributed by atoms with Crippen LogP contribution < -0.4 is 4.90 Å². The Balaban J connectivity index is 2.22. The summed E-state index contributed by atoms with van der Waals surface area (Å²) in [6.45, 7) is 1.80. The Kier molecular flexibility index (Phi) is 4.39. The van der Waals surface area contributed by atoms with Crippen molar-refractivity contribution >= 4 is 22.8 Å². The van der Waals surface area contributed by atoms with Crippen molar-refractivity contribution in [3.63, 3.8) is 0 Å². The first kappa shape index (κ1) is 14.9. The monoisotopic (exact) mass is 302 g/mol. The van der Waals surface area contributed by atoms with Gasteiger partial charge in [0.15, 0.2) is 0 Å². The van der Waals surface area contributed by atoms with Gasteiger partial charge in [-0.2, -0.15) is 0 Å². The topological polar surface area (TPSA) is 35.8 Å². The summed E-state index contributed by atoms with van der Waals surface area (Å²) in [5.41, 5.74) is 4.55. The van der Waals surface area contributed by atoms with Gasteiger partial charge < -0.3 is 10.1 Å². The maximum atomic E-state index is 9.21. The number of benzene rings is 3. The Morgan fingerprint density at radius 1 is 0.739 bits per heavy atom. The molecule has 3 aromatic carbocycles. The first-order valence-corrected chi connectivity index (χ1v) is 7.49. The minimum atomic E-state index is 0.581. The molecule has 3 rings (SSSR count). The number of hydrogen-bond acceptors (Lipinski definition) is 3. The fourth-order valence-electron chi connectivity index (χ4n) is 2.61. The van der Waals surface area contributed by atoms with E-state index in [2.05, 4.69) is 34.3 Å². The molecule has 0 aliphatic rings. The summed E-state index contributed by atoms with van der Waals surface area (Å²) < 4.78 is 0. The van der Waals surface area contributed by atoms with E-state index < -0.39 is 0 Å². The van der Waals surface area contributed by atoms with Crippen molar-refractivity contribution in [1.82, 2.24) is 0 Å². The van der Waals surface area contributed by atoms with Crippen molar-refractivity contribution in [2.75, 3.05) is 4.90 Å². The van der Waals surface area contributed by atoms with E-state index in [1.54, 1.807) is 6.92 Å². The number of oxime groups is 1. The van der Waals surface area contributed by atoms with Crippen molar-refractivity contribution in [3.8, 4) is 0 Å². The van der Waals surface area contributed by atoms with Crippen LogP contribution in [0, 0.1) is 0 Å². The van der Waals surface area contributed by atoms with Crippen LogP contribution in [0.2, 0.25) is 0 Å². The molecular formula is C20H18N2O. The van der Waals surface area contributed by atoms with Crippen molar-refractivity contribution in [2.45, 2.75) is 6.92 Å². The molecule has 0 spiro atoms. The van der Waals surface area contributed by atoms with Crippen LogP contribution in [0.25, 0.3) is 0 Å². The second kappa shape index (κ2) is 6.79. The largest absolute Gasteiger partial charge is 0.411 e. The fourth-order valence-corrected chi connectivity index (χ4v) is 2.61. The predicted molar refractivity (Wildman–Crippen MR) is 95.1 cm³/mol. The van der Waals surface area contributed by atoms with Crippen molar-refractivity contribution in [2.24, 2.45) is 5.16 Å². The molecule has 0 bridgehead atoms. The van der Waals surface area contributed by atoms with E-state index in [0.717, 1.165) is 22.6 Å². The first-order valence-electron chi connectivity index (χ1n) is 7.49. The average Bonchev–Trinajstić information content (AvgIpc) is 2.63. The molecule has 0 amide bonds. The summed E-state index contributed by atoms with van der Waals surface area (Å²) in [6.07, 6.45) is 0. The van der Waals surface area contributed by atoms with Crippen molar-refractivity contribution < 1.29 is 5.21 Å². The predicted octanol–water partition coefficient (Wildman–Crippen LogP) is 5.35. The van der Waals surface area contributed by atoms with E-state index >= 15 is 0 Å². The first-order chi connectivity index (χ1) is 11.3. The quantitative estimate of drug-likeness (QED) is 0.400. The zero-order chi connectivity index (χ0) is 16.1. The maximum Gasteiger partial charge on any atom is 0.0857 e. The molecule has 0 unspecified atom stereocenters. The number of para-hydroxylation sites is 3. The zero-order valence-electron chi connectivity index (χ0n) is 12.9. The molecule has 0 fully saturated rings. The lowest BCUT2D eigenvalue weighted by Crippen LogP contribution is -2.13. The third-order valence-corrected chi connectivity index (χ3v) is 3.71. The smallest absolute Gasteiger partial charge is 0.0857 e. The number of hydrogen-bond donors (Lipinski definition) is 1. The lowest BCUT2D eigenvalue weighted by Gasteiger charge is -2.27. The Labute approximate surface area is 136 Å². The minimum Gasteiger partial charge on any atom is -0.411 e. The second-order valence-corrected chi connectivity index (χ2v) is 5.21. The van der Waals surface area contributed by atoms with E-state index in [1.807, 2.05) is 60.7 Å². The van der Waals surface area contributed by atoms with Crippen molar-refractivity contribution in [1.29, 1.82) is 0 Å². The van der Waals surface area contributed by atoms with E-state index in [9.17, 15) is 5.21 Å². The van der Waals surface area contributed by atoms with Gasteiger partial charge in [-0.15, -0.1) is 0 Å². The van der Waals surface area contributed by atoms with Gasteiger partial charge in [-0.1, -0.05) is 59.8 Å². The van der Waals surface area contributed by atoms with Crippen LogP contribution in [0.15, 0.2) is 90.1 Å². The van der Waals surface area contributed by atoms with Gasteiger partial charge >= 0.3 is 0 Å². The van der Waals surface area contributed by atoms with Gasteiger partial charge in [0.25, 0.3) is 0 Å². The molecule has 3 nitrogen and oxygen atoms in total. The molecular weight excluding hydrogens is 284 g/mol. The molecule has 0 saturated heterocycles. The normalized spacial score (nSPS) is 11.3. The van der Waals surface area contributed by atoms with Gasteiger partial charge in [0, 0.05) is 16.9 Å². The molecule has 3 aromatic rings. The minimum absolute atomic E-state index is 0.581. The Morgan fingerprint density at radius 3 is 1.74 bits per heavy atom. The molecule has 0 heterocycles. The standard InChI is InChI=1S/C20H18N2O/c1-16(21-23)19-14-8-9-15-20(19)22(17-10-4-2-5-11-17)18-12-6-3-7-13-18/h2-15,23H,1H3/b21-16+. The second-order valence-electron chi connectivity index (χ2n) is 5.21. The summed E-state index contributed by atoms with van der Waals surface area (Å²) >= 11 is 0. The molecule has 0 atom stereocenters. The van der Waals surface area contributed by atoms with Crippen molar-refractivity contribution in [3.05, 3.63) is 90.5 Å². The molecule has 114 valence electrons. The lowest BCUT2D eigenvalue weighted by atomic mass is 10.1. The molecule has 3 heteroatoms. The van der Waals surface area contributed by atoms with Crippen LogP contribution >= 0.6 is 0 Å². The fraction of sp³-hybridized carbons (Fsp3) is 0.0500. The number of anilines is 3. The van der Waals surface area contributed by atoms with Crippen LogP contribution in [-0.2, 0) is 0 Å². The Morgan fingerprint density at radius 2 is 1.22 bits per heavy atom. The van der Waals surface area contributed by atoms with Gasteiger partial charge in [-0.05, 0) is 37.3 Å². The van der Waals surface area contributed by atoms with E-state index in [-0.39, 0.29) is 0 Å². The lowest BCUT2D eigenvalue weighted by molar-refractivity contribution is 0.319. The van der Waals surface area contributed by atoms with E-state index in [4.69, 9.17) is 0 Å². The third-order valence-electron chi connectivity index (χ3n) is 3.71. The summed E-state index contributed by atoms with van der Waals surface area (Å²) in [5, 5.41) is 12.6. The Bertz CT molecular complexity index is 759. The highest BCUT2D eigenvalue weighted by atomic mass is 16.4. The molecule has 0 aromatic heterocycles. The number of nitrogens with zero attached hydrogens (tertiary/aromatic N) is 2. The van der Waals surface area contributed by atoms with Gasteiger partial charge in [-0.25, -0.2) is 0 Å². The molecule has 0 radical (unpaired) electrons. The van der Waals surface area contributed by atoms with Gasteiger partial charge in [-0.3, -0.25) is 0 Å². The summed E-state index contributed by atoms with van der Waals surface area (Å²) in [6, 6.07) is 28.2. The SMILES string of the molecule is C/C(=N\O)c1ccccc1N(c1ccccc1)c1ccccc1. The van der Waals surface area contributed by atoms with E-state index in [0.29, 0.717) is 5.71 Å². The highest BCUT2D eigenvalue weighted by Crippen LogP contribution is 2.36. The molecule has 0 aliphatic heterocycles. The summed E-state index contributed by atoms with van der Waals surface area (Å²) in [5.74, 6) is 0. The molecule has 23 heavy (non-hydrogen) atoms. The van der Waals surface area contributed by atoms with Gasteiger partial charge in [0.05, 0.1) is 11.4 Å². The van der Waals surface area contributed by atoms with Crippen LogP contribution in [0.1, 0.15) is 12.5 Å². The van der Waals surface area contributed by atoms with Gasteiger partial charge in [0.2, 0.25) is 0 Å². The molecule has 0 aliphatic carbocycles. The summed E-state index contributed by atoms with van der Waals surface area (Å²) in [4.78, 5) is 2.16. The Hall–Kier alpha value is -3.07. The summed E-state index contributed by atoms with van der Waals surface area (Å²) in [7, 11) is 0. The highest BCUT2D eigenvalue weighted by molar-refractivity contribution is 6.05. The molecule has 1 N–H and O–H groups in total. The maximum absolute atomic E-state index is 9.21. The van der Waals surface area contributed by atoms with Crippen LogP contribution in [0.3, 0.4) is 0 Å². The average molecular weight is 302 g/mol. The van der Waals surface area contributed by atoms with Crippen LogP contribution in [0.4, 0.5) is 17.1 Å². The zero-order valence-corrected chi connectivity index (χ0v) is 12.9. The van der Waals surface area contributed by atoms with Crippen LogP contribution in [-0.4, -0.2) is 10.9 Å². The van der Waals surface area contributed by atoms with Crippen LogP contribution in [0.5, 0.6) is 0 Å².